The van der Waals surface area contributed by atoms with E-state index >= 15 is 0 Å². The number of rotatable bonds is 2. The summed E-state index contributed by atoms with van der Waals surface area (Å²) >= 11 is 0. The minimum atomic E-state index is -0.930. The zero-order valence-electron chi connectivity index (χ0n) is 12.5. The van der Waals surface area contributed by atoms with Gasteiger partial charge in [0.15, 0.2) is 11.3 Å². The van der Waals surface area contributed by atoms with Crippen molar-refractivity contribution in [2.45, 2.75) is 6.92 Å². The Kier molecular flexibility index (Phi) is 2.92. The minimum Gasteiger partial charge on any atom is -0.322 e. The summed E-state index contributed by atoms with van der Waals surface area (Å²) in [6, 6.07) is 6.26. The maximum Gasteiger partial charge on any atom is 0.385 e. The first-order valence-electron chi connectivity index (χ1n) is 7.06. The highest BCUT2D eigenvalue weighted by molar-refractivity contribution is 6.21. The van der Waals surface area contributed by atoms with E-state index in [4.69, 9.17) is 4.84 Å². The molecule has 2 aromatic heterocycles. The van der Waals surface area contributed by atoms with Crippen LogP contribution in [0.3, 0.4) is 0 Å². The Hall–Kier alpha value is -3.55. The number of imide groups is 1. The lowest BCUT2D eigenvalue weighted by atomic mass is 10.1. The van der Waals surface area contributed by atoms with Gasteiger partial charge in [0.2, 0.25) is 0 Å². The molecule has 2 amide bonds. The molecule has 3 heterocycles. The predicted molar refractivity (Wildman–Crippen MR) is 80.1 cm³/mol. The van der Waals surface area contributed by atoms with Crippen molar-refractivity contribution in [3.05, 3.63) is 65.4 Å². The van der Waals surface area contributed by atoms with Crippen LogP contribution in [0, 0.1) is 6.92 Å². The second-order valence-corrected chi connectivity index (χ2v) is 5.22. The molecule has 0 aliphatic carbocycles. The van der Waals surface area contributed by atoms with E-state index in [2.05, 4.69) is 9.97 Å². The highest BCUT2D eigenvalue weighted by atomic mass is 16.7. The molecule has 0 saturated carbocycles. The first kappa shape index (κ1) is 14.1. The number of hydrogen-bond acceptors (Lipinski definition) is 6. The third kappa shape index (κ3) is 1.97. The highest BCUT2D eigenvalue weighted by Gasteiger charge is 2.39. The molecular formula is C16H10N4O4. The fourth-order valence-electron chi connectivity index (χ4n) is 2.56. The lowest BCUT2D eigenvalue weighted by Crippen LogP contribution is -2.33. The van der Waals surface area contributed by atoms with Crippen LogP contribution >= 0.6 is 0 Å². The van der Waals surface area contributed by atoms with Crippen molar-refractivity contribution in [2.24, 2.45) is 0 Å². The Labute approximate surface area is 135 Å². The summed E-state index contributed by atoms with van der Waals surface area (Å²) in [5.41, 5.74) is 1.28. The van der Waals surface area contributed by atoms with Crippen molar-refractivity contribution in [3.63, 3.8) is 0 Å². The molecule has 1 aliphatic heterocycles. The van der Waals surface area contributed by atoms with Crippen molar-refractivity contribution < 1.29 is 19.2 Å². The number of imidazole rings is 1. The van der Waals surface area contributed by atoms with E-state index in [1.54, 1.807) is 35.9 Å². The maximum absolute atomic E-state index is 12.4. The quantitative estimate of drug-likeness (QED) is 0.662. The monoisotopic (exact) mass is 322 g/mol. The van der Waals surface area contributed by atoms with Crippen LogP contribution in [0.2, 0.25) is 0 Å². The van der Waals surface area contributed by atoms with E-state index < -0.39 is 17.8 Å². The van der Waals surface area contributed by atoms with Crippen LogP contribution in [0.1, 0.15) is 36.9 Å². The van der Waals surface area contributed by atoms with Crippen molar-refractivity contribution in [1.29, 1.82) is 0 Å². The van der Waals surface area contributed by atoms with Gasteiger partial charge >= 0.3 is 5.97 Å². The van der Waals surface area contributed by atoms with E-state index in [9.17, 15) is 14.4 Å². The first-order chi connectivity index (χ1) is 11.6. The van der Waals surface area contributed by atoms with Crippen LogP contribution in [0.25, 0.3) is 5.65 Å². The van der Waals surface area contributed by atoms with Gasteiger partial charge in [0.1, 0.15) is 0 Å². The smallest absolute Gasteiger partial charge is 0.322 e. The molecule has 0 unspecified atom stereocenters. The van der Waals surface area contributed by atoms with Crippen LogP contribution < -0.4 is 0 Å². The molecule has 8 heteroatoms. The zero-order chi connectivity index (χ0) is 16.8. The normalized spacial score (nSPS) is 13.5. The summed E-state index contributed by atoms with van der Waals surface area (Å²) in [5.74, 6) is -2.30. The molecule has 0 saturated heterocycles. The lowest BCUT2D eigenvalue weighted by molar-refractivity contribution is -0.0587. The number of carbonyl (C=O) groups is 3. The summed E-state index contributed by atoms with van der Waals surface area (Å²) in [5, 5.41) is 0.452. The van der Waals surface area contributed by atoms with Gasteiger partial charge in [-0.2, -0.15) is 0 Å². The molecule has 4 rings (SSSR count). The third-order valence-corrected chi connectivity index (χ3v) is 3.62. The summed E-state index contributed by atoms with van der Waals surface area (Å²) in [6.45, 7) is 1.77. The van der Waals surface area contributed by atoms with E-state index in [-0.39, 0.29) is 22.5 Å². The van der Waals surface area contributed by atoms with Crippen LogP contribution in [0.5, 0.6) is 0 Å². The van der Waals surface area contributed by atoms with Crippen molar-refractivity contribution in [3.8, 4) is 0 Å². The Balaban J connectivity index is 1.68. The number of carbonyl (C=O) groups excluding carboxylic acids is 3. The topological polar surface area (TPSA) is 93.9 Å². The zero-order valence-corrected chi connectivity index (χ0v) is 12.5. The Morgan fingerprint density at radius 2 is 1.79 bits per heavy atom. The van der Waals surface area contributed by atoms with Crippen LogP contribution in [-0.4, -0.2) is 37.2 Å². The summed E-state index contributed by atoms with van der Waals surface area (Å²) in [6.07, 6.45) is 4.76. The maximum atomic E-state index is 12.4. The van der Waals surface area contributed by atoms with Crippen molar-refractivity contribution in [2.75, 3.05) is 0 Å². The number of aryl methyl sites for hydroxylation is 1. The first-order valence-corrected chi connectivity index (χ1v) is 7.06. The summed E-state index contributed by atoms with van der Waals surface area (Å²) in [4.78, 5) is 50.0. The second kappa shape index (κ2) is 4.98. The highest BCUT2D eigenvalue weighted by Crippen LogP contribution is 2.23. The van der Waals surface area contributed by atoms with Gasteiger partial charge in [0, 0.05) is 18.6 Å². The Morgan fingerprint density at radius 1 is 1.12 bits per heavy atom. The van der Waals surface area contributed by atoms with Crippen LogP contribution in [0.15, 0.2) is 42.9 Å². The Bertz CT molecular complexity index is 989. The molecule has 118 valence electrons. The predicted octanol–water partition coefficient (Wildman–Crippen LogP) is 1.41. The Morgan fingerprint density at radius 3 is 2.46 bits per heavy atom. The van der Waals surface area contributed by atoms with E-state index in [1.807, 2.05) is 0 Å². The largest absolute Gasteiger partial charge is 0.385 e. The van der Waals surface area contributed by atoms with Gasteiger partial charge in [-0.05, 0) is 19.1 Å². The molecule has 1 aliphatic rings. The van der Waals surface area contributed by atoms with Crippen LogP contribution in [-0.2, 0) is 4.84 Å². The summed E-state index contributed by atoms with van der Waals surface area (Å²) < 4.78 is 1.61. The fourth-order valence-corrected chi connectivity index (χ4v) is 2.56. The van der Waals surface area contributed by atoms with Gasteiger partial charge in [-0.25, -0.2) is 14.8 Å². The molecule has 1 aromatic carbocycles. The molecule has 3 aromatic rings. The van der Waals surface area contributed by atoms with E-state index in [0.29, 0.717) is 10.8 Å². The van der Waals surface area contributed by atoms with Crippen LogP contribution in [0.4, 0.5) is 0 Å². The molecule has 0 fully saturated rings. The van der Waals surface area contributed by atoms with Gasteiger partial charge in [0.05, 0.1) is 16.8 Å². The molecule has 0 atom stereocenters. The molecule has 8 nitrogen and oxygen atoms in total. The van der Waals surface area contributed by atoms with Crippen molar-refractivity contribution in [1.82, 2.24) is 19.4 Å². The van der Waals surface area contributed by atoms with E-state index in [0.717, 1.165) is 0 Å². The average molecular weight is 322 g/mol. The number of benzene rings is 1. The number of aromatic nitrogens is 3. The van der Waals surface area contributed by atoms with Gasteiger partial charge < -0.3 is 9.24 Å². The number of fused-ring (bicyclic) bond motifs is 2. The summed E-state index contributed by atoms with van der Waals surface area (Å²) in [7, 11) is 0. The van der Waals surface area contributed by atoms with Crippen molar-refractivity contribution >= 4 is 23.4 Å². The van der Waals surface area contributed by atoms with Gasteiger partial charge in [-0.1, -0.05) is 17.2 Å². The molecule has 0 radical (unpaired) electrons. The molecular weight excluding hydrogens is 312 g/mol. The molecule has 24 heavy (non-hydrogen) atoms. The average Bonchev–Trinajstić information content (AvgIpc) is 3.07. The molecule has 0 spiro atoms. The van der Waals surface area contributed by atoms with E-state index in [1.165, 1.54) is 18.3 Å². The van der Waals surface area contributed by atoms with Gasteiger partial charge in [0.25, 0.3) is 11.8 Å². The second-order valence-electron chi connectivity index (χ2n) is 5.22. The number of hydrogen-bond donors (Lipinski definition) is 0. The SMILES string of the molecule is Cc1cn2ccnc(C(=O)ON3C(=O)c4ccccc4C3=O)c2n1. The molecule has 0 bridgehead atoms. The number of nitrogens with zero attached hydrogens (tertiary/aromatic N) is 4. The fraction of sp³-hybridized carbons (Fsp3) is 0.0625. The minimum absolute atomic E-state index is 0.0813. The number of amides is 2. The van der Waals surface area contributed by atoms with Gasteiger partial charge in [-0.15, -0.1) is 0 Å². The number of hydroxylamine groups is 2. The standard InChI is InChI=1S/C16H10N4O4/c1-9-8-19-7-6-17-12(13(19)18-9)16(23)24-20-14(21)10-4-2-3-5-11(10)15(20)22/h2-8H,1H3. The van der Waals surface area contributed by atoms with Gasteiger partial charge in [-0.3, -0.25) is 9.59 Å². The lowest BCUT2D eigenvalue weighted by Gasteiger charge is -2.12. The third-order valence-electron chi connectivity index (χ3n) is 3.62. The molecule has 0 N–H and O–H groups in total.